The van der Waals surface area contributed by atoms with Crippen LogP contribution in [0.3, 0.4) is 0 Å². The van der Waals surface area contributed by atoms with Crippen molar-refractivity contribution in [2.75, 3.05) is 0 Å². The molecule has 102 valence electrons. The van der Waals surface area contributed by atoms with Gasteiger partial charge in [0.05, 0.1) is 0 Å². The zero-order chi connectivity index (χ0) is 14.1. The van der Waals surface area contributed by atoms with Crippen LogP contribution in [0.25, 0.3) is 22.3 Å². The molecule has 0 saturated carbocycles. The highest BCUT2D eigenvalue weighted by atomic mass is 15.5. The van der Waals surface area contributed by atoms with Gasteiger partial charge in [-0.15, -0.1) is 10.2 Å². The van der Waals surface area contributed by atoms with Crippen LogP contribution < -0.4 is 0 Å². The molecule has 4 rings (SSSR count). The van der Waals surface area contributed by atoms with Crippen LogP contribution in [0, 0.1) is 0 Å². The lowest BCUT2D eigenvalue weighted by molar-refractivity contribution is 0.837. The maximum absolute atomic E-state index is 4.07. The zero-order valence-corrected chi connectivity index (χ0v) is 11.3. The lowest BCUT2D eigenvalue weighted by atomic mass is 10.1. The van der Waals surface area contributed by atoms with E-state index in [9.17, 15) is 0 Å². The smallest absolute Gasteiger partial charge is 0.205 e. The van der Waals surface area contributed by atoms with Crippen molar-refractivity contribution in [1.29, 1.82) is 0 Å². The molecule has 0 aliphatic carbocycles. The Balaban J connectivity index is 1.81. The highest BCUT2D eigenvalue weighted by molar-refractivity contribution is 5.93. The normalized spacial score (nSPS) is 11.0. The van der Waals surface area contributed by atoms with Gasteiger partial charge in [-0.25, -0.2) is 0 Å². The molecule has 0 spiro atoms. The van der Waals surface area contributed by atoms with Gasteiger partial charge in [-0.3, -0.25) is 0 Å². The Labute approximate surface area is 121 Å². The summed E-state index contributed by atoms with van der Waals surface area (Å²) in [7, 11) is 0. The first-order valence-electron chi connectivity index (χ1n) is 6.77. The van der Waals surface area contributed by atoms with E-state index >= 15 is 0 Å². The maximum Gasteiger partial charge on any atom is 0.205 e. The maximum atomic E-state index is 4.07. The first-order valence-corrected chi connectivity index (χ1v) is 6.77. The van der Waals surface area contributed by atoms with E-state index in [-0.39, 0.29) is 0 Å². The molecule has 4 aromatic rings. The van der Waals surface area contributed by atoms with E-state index in [1.165, 1.54) is 11.1 Å². The second kappa shape index (κ2) is 4.86. The molecule has 5 nitrogen and oxygen atoms in total. The third kappa shape index (κ3) is 2.08. The van der Waals surface area contributed by atoms with E-state index in [0.29, 0.717) is 5.82 Å². The average molecular weight is 275 g/mol. The van der Waals surface area contributed by atoms with E-state index in [1.54, 1.807) is 0 Å². The fourth-order valence-electron chi connectivity index (χ4n) is 2.61. The number of aromatic amines is 1. The number of nitrogens with one attached hydrogen (secondary N) is 1. The summed E-state index contributed by atoms with van der Waals surface area (Å²) in [4.78, 5) is 0. The Bertz CT molecular complexity index is 862. The van der Waals surface area contributed by atoms with Crippen molar-refractivity contribution in [1.82, 2.24) is 25.2 Å². The monoisotopic (exact) mass is 275 g/mol. The Morgan fingerprint density at radius 2 is 1.86 bits per heavy atom. The number of tetrazole rings is 1. The van der Waals surface area contributed by atoms with Crippen molar-refractivity contribution >= 4 is 10.9 Å². The van der Waals surface area contributed by atoms with Gasteiger partial charge in [0.15, 0.2) is 0 Å². The van der Waals surface area contributed by atoms with E-state index in [4.69, 9.17) is 0 Å². The van der Waals surface area contributed by atoms with E-state index in [0.717, 1.165) is 17.5 Å². The molecule has 0 radical (unpaired) electrons. The molecule has 2 aromatic carbocycles. The Kier molecular flexibility index (Phi) is 2.74. The predicted molar refractivity (Wildman–Crippen MR) is 80.7 cm³/mol. The number of fused-ring (bicyclic) bond motifs is 1. The SMILES string of the molecule is c1ccc(Cn2ccc3c(-c4nn[nH]n4)cccc32)cc1. The van der Waals surface area contributed by atoms with E-state index < -0.39 is 0 Å². The third-order valence-corrected chi connectivity index (χ3v) is 3.60. The summed E-state index contributed by atoms with van der Waals surface area (Å²) >= 11 is 0. The molecule has 2 aromatic heterocycles. The van der Waals surface area contributed by atoms with Crippen molar-refractivity contribution in [3.8, 4) is 11.4 Å². The Hall–Kier alpha value is -2.95. The average Bonchev–Trinajstić information content (AvgIpc) is 3.18. The first-order chi connectivity index (χ1) is 10.4. The van der Waals surface area contributed by atoms with Crippen LogP contribution in [0.2, 0.25) is 0 Å². The van der Waals surface area contributed by atoms with Crippen LogP contribution in [0.5, 0.6) is 0 Å². The fourth-order valence-corrected chi connectivity index (χ4v) is 2.61. The van der Waals surface area contributed by atoms with Crippen molar-refractivity contribution in [3.05, 3.63) is 66.4 Å². The van der Waals surface area contributed by atoms with Gasteiger partial charge in [-0.1, -0.05) is 42.5 Å². The molecule has 0 aliphatic rings. The number of nitrogens with zero attached hydrogens (tertiary/aromatic N) is 4. The lowest BCUT2D eigenvalue weighted by Crippen LogP contribution is -1.97. The summed E-state index contributed by atoms with van der Waals surface area (Å²) < 4.78 is 2.23. The third-order valence-electron chi connectivity index (χ3n) is 3.60. The molecule has 0 atom stereocenters. The molecule has 0 fully saturated rings. The van der Waals surface area contributed by atoms with Gasteiger partial charge < -0.3 is 4.57 Å². The molecule has 0 saturated heterocycles. The zero-order valence-electron chi connectivity index (χ0n) is 11.3. The molecule has 1 N–H and O–H groups in total. The van der Waals surface area contributed by atoms with Gasteiger partial charge in [0.2, 0.25) is 5.82 Å². The second-order valence-electron chi connectivity index (χ2n) is 4.90. The molecular weight excluding hydrogens is 262 g/mol. The lowest BCUT2D eigenvalue weighted by Gasteiger charge is -2.06. The summed E-state index contributed by atoms with van der Waals surface area (Å²) in [5.74, 6) is 0.623. The summed E-state index contributed by atoms with van der Waals surface area (Å²) in [6.07, 6.45) is 2.10. The Morgan fingerprint density at radius 3 is 2.67 bits per heavy atom. The van der Waals surface area contributed by atoms with Gasteiger partial charge in [0.25, 0.3) is 0 Å². The molecule has 0 amide bonds. The quantitative estimate of drug-likeness (QED) is 0.625. The fraction of sp³-hybridized carbons (Fsp3) is 0.0625. The number of aromatic nitrogens is 5. The summed E-state index contributed by atoms with van der Waals surface area (Å²) in [5, 5.41) is 15.4. The topological polar surface area (TPSA) is 59.4 Å². The minimum absolute atomic E-state index is 0.623. The first kappa shape index (κ1) is 11.8. The molecule has 5 heteroatoms. The number of benzene rings is 2. The van der Waals surface area contributed by atoms with Crippen LogP contribution in [-0.2, 0) is 6.54 Å². The van der Waals surface area contributed by atoms with Crippen LogP contribution in [0.4, 0.5) is 0 Å². The standard InChI is InChI=1S/C16H13N5/c1-2-5-12(6-3-1)11-21-10-9-13-14(7-4-8-15(13)21)16-17-19-20-18-16/h1-10H,11H2,(H,17,18,19,20). The van der Waals surface area contributed by atoms with Crippen LogP contribution in [-0.4, -0.2) is 25.2 Å². The van der Waals surface area contributed by atoms with Gasteiger partial charge in [-0.05, 0) is 22.9 Å². The van der Waals surface area contributed by atoms with Gasteiger partial charge in [0, 0.05) is 29.2 Å². The van der Waals surface area contributed by atoms with Crippen molar-refractivity contribution in [2.24, 2.45) is 0 Å². The predicted octanol–water partition coefficient (Wildman–Crippen LogP) is 2.87. The molecule has 0 unspecified atom stereocenters. The van der Waals surface area contributed by atoms with Crippen LogP contribution in [0.15, 0.2) is 60.8 Å². The summed E-state index contributed by atoms with van der Waals surface area (Å²) in [6, 6.07) is 18.7. The largest absolute Gasteiger partial charge is 0.343 e. The number of hydrogen-bond acceptors (Lipinski definition) is 3. The minimum Gasteiger partial charge on any atom is -0.343 e. The highest BCUT2D eigenvalue weighted by Gasteiger charge is 2.10. The molecule has 0 aliphatic heterocycles. The van der Waals surface area contributed by atoms with Gasteiger partial charge in [0.1, 0.15) is 0 Å². The molecular formula is C16H13N5. The van der Waals surface area contributed by atoms with Crippen molar-refractivity contribution < 1.29 is 0 Å². The number of H-pyrrole nitrogens is 1. The Morgan fingerprint density at radius 1 is 0.952 bits per heavy atom. The molecule has 0 bridgehead atoms. The summed E-state index contributed by atoms with van der Waals surface area (Å²) in [5.41, 5.74) is 3.44. The number of hydrogen-bond donors (Lipinski definition) is 1. The second-order valence-corrected chi connectivity index (χ2v) is 4.90. The van der Waals surface area contributed by atoms with Gasteiger partial charge in [-0.2, -0.15) is 5.21 Å². The van der Waals surface area contributed by atoms with Crippen molar-refractivity contribution in [3.63, 3.8) is 0 Å². The van der Waals surface area contributed by atoms with Crippen molar-refractivity contribution in [2.45, 2.75) is 6.54 Å². The molecule has 21 heavy (non-hydrogen) atoms. The van der Waals surface area contributed by atoms with E-state index in [2.05, 4.69) is 67.8 Å². The highest BCUT2D eigenvalue weighted by Crippen LogP contribution is 2.27. The summed E-state index contributed by atoms with van der Waals surface area (Å²) in [6.45, 7) is 0.847. The molecule has 2 heterocycles. The minimum atomic E-state index is 0.623. The van der Waals surface area contributed by atoms with Crippen LogP contribution >= 0.6 is 0 Å². The van der Waals surface area contributed by atoms with Gasteiger partial charge >= 0.3 is 0 Å². The van der Waals surface area contributed by atoms with E-state index in [1.807, 2.05) is 18.2 Å². The number of rotatable bonds is 3. The van der Waals surface area contributed by atoms with Crippen LogP contribution in [0.1, 0.15) is 5.56 Å².